The number of carboxylic acid groups (broad SMARTS) is 1. The highest BCUT2D eigenvalue weighted by Gasteiger charge is 2.33. The number of fused-ring (bicyclic) bond motifs is 1. The Morgan fingerprint density at radius 2 is 2.14 bits per heavy atom. The standard InChI is InChI=1S/C16H21ClN2O2/c1-11-9-18-7-3-2-4-13(18)10-19(11)12-5-6-14(16(20)21)15(17)8-12/h5-6,8,11,13H,2-4,7,9-10H2,1H3,(H,20,21). The first-order chi connectivity index (χ1) is 10.1. The number of hydrogen-bond donors (Lipinski definition) is 1. The lowest BCUT2D eigenvalue weighted by Gasteiger charge is -2.48. The fraction of sp³-hybridized carbons (Fsp3) is 0.562. The highest BCUT2D eigenvalue weighted by molar-refractivity contribution is 6.33. The van der Waals surface area contributed by atoms with Gasteiger partial charge in [0.1, 0.15) is 0 Å². The Labute approximate surface area is 130 Å². The molecule has 0 aliphatic carbocycles. The van der Waals surface area contributed by atoms with Crippen LogP contribution >= 0.6 is 11.6 Å². The lowest BCUT2D eigenvalue weighted by molar-refractivity contribution is 0.0697. The van der Waals surface area contributed by atoms with Crippen LogP contribution in [0, 0.1) is 0 Å². The summed E-state index contributed by atoms with van der Waals surface area (Å²) in [6.45, 7) is 5.51. The molecular formula is C16H21ClN2O2. The van der Waals surface area contributed by atoms with Gasteiger partial charge in [-0.15, -0.1) is 0 Å². The molecule has 2 unspecified atom stereocenters. The molecule has 0 spiro atoms. The van der Waals surface area contributed by atoms with E-state index in [1.165, 1.54) is 25.8 Å². The van der Waals surface area contributed by atoms with Crippen molar-refractivity contribution in [3.8, 4) is 0 Å². The van der Waals surface area contributed by atoms with Crippen LogP contribution in [0.15, 0.2) is 18.2 Å². The predicted molar refractivity (Wildman–Crippen MR) is 84.4 cm³/mol. The van der Waals surface area contributed by atoms with Crippen molar-refractivity contribution in [2.45, 2.75) is 38.3 Å². The Bertz CT molecular complexity index is 549. The van der Waals surface area contributed by atoms with Crippen LogP contribution in [0.5, 0.6) is 0 Å². The number of rotatable bonds is 2. The molecule has 2 saturated heterocycles. The van der Waals surface area contributed by atoms with Crippen molar-refractivity contribution >= 4 is 23.3 Å². The minimum Gasteiger partial charge on any atom is -0.478 e. The monoisotopic (exact) mass is 308 g/mol. The largest absolute Gasteiger partial charge is 0.478 e. The van der Waals surface area contributed by atoms with E-state index in [4.69, 9.17) is 16.7 Å². The fourth-order valence-corrected chi connectivity index (χ4v) is 3.82. The van der Waals surface area contributed by atoms with E-state index in [0.29, 0.717) is 17.1 Å². The van der Waals surface area contributed by atoms with E-state index in [2.05, 4.69) is 16.7 Å². The molecule has 3 rings (SSSR count). The number of piperidine rings is 1. The Hall–Kier alpha value is -1.26. The Morgan fingerprint density at radius 1 is 1.33 bits per heavy atom. The Balaban J connectivity index is 1.82. The Kier molecular flexibility index (Phi) is 4.09. The summed E-state index contributed by atoms with van der Waals surface area (Å²) in [5.74, 6) is -0.975. The number of nitrogens with zero attached hydrogens (tertiary/aromatic N) is 2. The van der Waals surface area contributed by atoms with Crippen LogP contribution in [0.1, 0.15) is 36.5 Å². The average molecular weight is 309 g/mol. The van der Waals surface area contributed by atoms with Crippen molar-refractivity contribution in [2.75, 3.05) is 24.5 Å². The van der Waals surface area contributed by atoms with Gasteiger partial charge in [0, 0.05) is 30.9 Å². The summed E-state index contributed by atoms with van der Waals surface area (Å²) in [7, 11) is 0. The number of carboxylic acids is 1. The molecule has 21 heavy (non-hydrogen) atoms. The number of hydrogen-bond acceptors (Lipinski definition) is 3. The number of halogens is 1. The van der Waals surface area contributed by atoms with Crippen LogP contribution in [-0.2, 0) is 0 Å². The van der Waals surface area contributed by atoms with Crippen LogP contribution in [-0.4, -0.2) is 47.7 Å². The van der Waals surface area contributed by atoms with E-state index in [-0.39, 0.29) is 5.56 Å². The van der Waals surface area contributed by atoms with E-state index in [1.807, 2.05) is 6.07 Å². The van der Waals surface area contributed by atoms with Gasteiger partial charge < -0.3 is 10.0 Å². The first kappa shape index (κ1) is 14.7. The molecular weight excluding hydrogens is 288 g/mol. The van der Waals surface area contributed by atoms with Gasteiger partial charge in [0.05, 0.1) is 10.6 Å². The first-order valence-corrected chi connectivity index (χ1v) is 7.97. The van der Waals surface area contributed by atoms with Gasteiger partial charge in [-0.25, -0.2) is 4.79 Å². The molecule has 2 aliphatic heterocycles. The molecule has 0 bridgehead atoms. The van der Waals surface area contributed by atoms with Crippen LogP contribution in [0.2, 0.25) is 5.02 Å². The summed E-state index contributed by atoms with van der Waals surface area (Å²) >= 11 is 6.11. The van der Waals surface area contributed by atoms with Gasteiger partial charge in [-0.1, -0.05) is 18.0 Å². The van der Waals surface area contributed by atoms with Gasteiger partial charge in [0.15, 0.2) is 0 Å². The molecule has 1 aromatic carbocycles. The molecule has 1 aromatic rings. The third-order valence-corrected chi connectivity index (χ3v) is 5.01. The molecule has 2 heterocycles. The minimum absolute atomic E-state index is 0.171. The topological polar surface area (TPSA) is 43.8 Å². The molecule has 4 nitrogen and oxygen atoms in total. The summed E-state index contributed by atoms with van der Waals surface area (Å²) < 4.78 is 0. The third-order valence-electron chi connectivity index (χ3n) is 4.70. The highest BCUT2D eigenvalue weighted by Crippen LogP contribution is 2.30. The second-order valence-electron chi connectivity index (χ2n) is 6.12. The average Bonchev–Trinajstić information content (AvgIpc) is 2.46. The molecule has 5 heteroatoms. The number of carbonyl (C=O) groups is 1. The van der Waals surface area contributed by atoms with Crippen LogP contribution in [0.3, 0.4) is 0 Å². The summed E-state index contributed by atoms with van der Waals surface area (Å²) in [6, 6.07) is 6.32. The quantitative estimate of drug-likeness (QED) is 0.912. The van der Waals surface area contributed by atoms with E-state index < -0.39 is 5.97 Å². The highest BCUT2D eigenvalue weighted by atomic mass is 35.5. The maximum Gasteiger partial charge on any atom is 0.337 e. The van der Waals surface area contributed by atoms with E-state index in [0.717, 1.165) is 18.8 Å². The van der Waals surface area contributed by atoms with Crippen molar-refractivity contribution < 1.29 is 9.90 Å². The van der Waals surface area contributed by atoms with Crippen molar-refractivity contribution in [3.05, 3.63) is 28.8 Å². The minimum atomic E-state index is -0.975. The summed E-state index contributed by atoms with van der Waals surface area (Å²) in [5.41, 5.74) is 1.20. The van der Waals surface area contributed by atoms with Gasteiger partial charge in [0.25, 0.3) is 0 Å². The summed E-state index contributed by atoms with van der Waals surface area (Å²) in [4.78, 5) is 16.0. The molecule has 2 atom stereocenters. The number of aromatic carboxylic acids is 1. The third kappa shape index (κ3) is 2.87. The summed E-state index contributed by atoms with van der Waals surface area (Å²) in [5, 5.41) is 9.39. The molecule has 114 valence electrons. The zero-order valence-electron chi connectivity index (χ0n) is 12.3. The zero-order valence-corrected chi connectivity index (χ0v) is 13.0. The lowest BCUT2D eigenvalue weighted by atomic mass is 9.96. The molecule has 0 amide bonds. The van der Waals surface area contributed by atoms with Gasteiger partial charge in [-0.05, 0) is 44.5 Å². The van der Waals surface area contributed by atoms with Gasteiger partial charge >= 0.3 is 5.97 Å². The smallest absolute Gasteiger partial charge is 0.337 e. The fourth-order valence-electron chi connectivity index (χ4n) is 3.57. The second-order valence-corrected chi connectivity index (χ2v) is 6.52. The van der Waals surface area contributed by atoms with Crippen LogP contribution in [0.25, 0.3) is 0 Å². The maximum absolute atomic E-state index is 11.1. The van der Waals surface area contributed by atoms with Crippen LogP contribution < -0.4 is 4.90 Å². The first-order valence-electron chi connectivity index (χ1n) is 7.60. The molecule has 0 saturated carbocycles. The van der Waals surface area contributed by atoms with Gasteiger partial charge in [0.2, 0.25) is 0 Å². The molecule has 0 radical (unpaired) electrons. The van der Waals surface area contributed by atoms with Crippen LogP contribution in [0.4, 0.5) is 5.69 Å². The molecule has 2 aliphatic rings. The number of anilines is 1. The van der Waals surface area contributed by atoms with Crippen molar-refractivity contribution in [3.63, 3.8) is 0 Å². The summed E-state index contributed by atoms with van der Waals surface area (Å²) in [6.07, 6.45) is 3.87. The molecule has 1 N–H and O–H groups in total. The lowest BCUT2D eigenvalue weighted by Crippen LogP contribution is -2.58. The normalized spacial score (nSPS) is 26.5. The van der Waals surface area contributed by atoms with Gasteiger partial charge in [-0.3, -0.25) is 4.90 Å². The predicted octanol–water partition coefficient (Wildman–Crippen LogP) is 3.10. The number of benzene rings is 1. The maximum atomic E-state index is 11.1. The molecule has 2 fully saturated rings. The molecule has 0 aromatic heterocycles. The van der Waals surface area contributed by atoms with E-state index >= 15 is 0 Å². The van der Waals surface area contributed by atoms with Crippen molar-refractivity contribution in [1.82, 2.24) is 4.90 Å². The zero-order chi connectivity index (χ0) is 15.0. The van der Waals surface area contributed by atoms with E-state index in [1.54, 1.807) is 12.1 Å². The SMILES string of the molecule is CC1CN2CCCCC2CN1c1ccc(C(=O)O)c(Cl)c1. The van der Waals surface area contributed by atoms with Crippen molar-refractivity contribution in [2.24, 2.45) is 0 Å². The number of piperazine rings is 1. The Morgan fingerprint density at radius 3 is 2.86 bits per heavy atom. The second kappa shape index (κ2) is 5.85. The van der Waals surface area contributed by atoms with E-state index in [9.17, 15) is 4.79 Å². The van der Waals surface area contributed by atoms with Crippen molar-refractivity contribution in [1.29, 1.82) is 0 Å². The van der Waals surface area contributed by atoms with Gasteiger partial charge in [-0.2, -0.15) is 0 Å².